The highest BCUT2D eigenvalue weighted by atomic mass is 32.2. The van der Waals surface area contributed by atoms with Gasteiger partial charge in [-0.1, -0.05) is 64.4 Å². The highest BCUT2D eigenvalue weighted by molar-refractivity contribution is 7.99. The number of aliphatic imine (C=N–C) groups is 1. The number of carboxylic acids is 2. The van der Waals surface area contributed by atoms with Gasteiger partial charge in [0, 0.05) is 37.4 Å². The van der Waals surface area contributed by atoms with Crippen LogP contribution in [-0.4, -0.2) is 250 Å². The highest BCUT2D eigenvalue weighted by Gasteiger charge is 2.42. The Balaban J connectivity index is 2.39. The van der Waals surface area contributed by atoms with E-state index < -0.39 is 205 Å². The molecule has 2 aliphatic rings. The van der Waals surface area contributed by atoms with E-state index >= 15 is 0 Å². The summed E-state index contributed by atoms with van der Waals surface area (Å²) in [6, 6.07) is -12.4. The van der Waals surface area contributed by atoms with Gasteiger partial charge in [0.25, 0.3) is 0 Å². The van der Waals surface area contributed by atoms with Crippen molar-refractivity contribution in [3.05, 3.63) is 35.9 Å². The Kier molecular flexibility index (Phi) is 41.6. The van der Waals surface area contributed by atoms with Gasteiger partial charge in [-0.05, 0) is 133 Å². The third-order valence-corrected chi connectivity index (χ3v) is 18.8. The first-order valence-electron chi connectivity index (χ1n) is 35.8. The van der Waals surface area contributed by atoms with E-state index in [1.807, 2.05) is 0 Å². The molecule has 590 valence electrons. The number of nitrogens with zero attached hydrogens (tertiary/aromatic N) is 2. The largest absolute Gasteiger partial charge is 0.481 e. The Hall–Kier alpha value is -8.82. The van der Waals surface area contributed by atoms with Crippen molar-refractivity contribution < 1.29 is 87.5 Å². The minimum Gasteiger partial charge on any atom is -0.481 e. The summed E-state index contributed by atoms with van der Waals surface area (Å²) in [4.78, 5) is 205. The molecule has 14 atom stereocenters. The molecule has 2 aliphatic heterocycles. The van der Waals surface area contributed by atoms with Crippen LogP contribution in [-0.2, 0) is 73.5 Å². The SMILES string of the molecule is CC[C@H](C)[C@@H]1NC(=O)[C@H](CCCCN)NC(=O)[C@H](CCCCN)NC(=O)[C@H](CCCN=C(N)N)NC(=O)[C@@H](NC(=O)[C@@H](N)CO)CSC[C@@H](C(=O)N[C@@H](CCCCN)C(=O)O)NC(=O)[C@H](Cc2ccccc2)NC(=O)[C@H](CO)NC(=O)[C@H](CCC(=O)O)NC(=O)[C@@H]2CCCN2C(=O)[C@H](CC(C)C)NC1=O. The smallest absolute Gasteiger partial charge is 0.326 e. The molecule has 0 spiro atoms. The third-order valence-electron chi connectivity index (χ3n) is 17.6. The molecule has 0 unspecified atom stereocenters. The second-order valence-electron chi connectivity index (χ2n) is 26.6. The van der Waals surface area contributed by atoms with Gasteiger partial charge in [0.15, 0.2) is 5.96 Å². The van der Waals surface area contributed by atoms with Gasteiger partial charge in [0.2, 0.25) is 70.9 Å². The fourth-order valence-electron chi connectivity index (χ4n) is 11.5. The van der Waals surface area contributed by atoms with Crippen molar-refractivity contribution in [3.8, 4) is 0 Å². The number of nitrogens with one attached hydrogen (secondary N) is 11. The molecule has 3 rings (SSSR count). The maximum absolute atomic E-state index is 14.9. The molecule has 0 saturated carbocycles. The van der Waals surface area contributed by atoms with E-state index in [0.29, 0.717) is 31.2 Å². The molecule has 1 aromatic rings. The van der Waals surface area contributed by atoms with Crippen LogP contribution in [0.1, 0.15) is 142 Å². The van der Waals surface area contributed by atoms with Gasteiger partial charge in [-0.15, -0.1) is 0 Å². The molecule has 1 aromatic carbocycles. The molecular weight excluding hydrogens is 1390 g/mol. The van der Waals surface area contributed by atoms with Crippen LogP contribution in [0.15, 0.2) is 35.3 Å². The molecule has 27 N–H and O–H groups in total. The van der Waals surface area contributed by atoms with E-state index in [1.54, 1.807) is 58.0 Å². The number of carbonyl (C=O) groups excluding carboxylic acids is 12. The normalized spacial score (nSPS) is 24.4. The number of rotatable bonds is 32. The van der Waals surface area contributed by atoms with Crippen LogP contribution in [0.3, 0.4) is 0 Å². The molecule has 38 heteroatoms. The number of nitrogens with two attached hydrogens (primary N) is 6. The first kappa shape index (κ1) is 90.4. The maximum Gasteiger partial charge on any atom is 0.326 e. The predicted octanol–water partition coefficient (Wildman–Crippen LogP) is -5.91. The summed E-state index contributed by atoms with van der Waals surface area (Å²) < 4.78 is 0. The van der Waals surface area contributed by atoms with Crippen molar-refractivity contribution in [2.24, 2.45) is 51.2 Å². The summed E-state index contributed by atoms with van der Waals surface area (Å²) in [6.45, 7) is 5.37. The molecule has 0 aliphatic carbocycles. The van der Waals surface area contributed by atoms with Gasteiger partial charge >= 0.3 is 11.9 Å². The summed E-state index contributed by atoms with van der Waals surface area (Å²) in [7, 11) is 0. The van der Waals surface area contributed by atoms with Crippen molar-refractivity contribution >= 4 is 101 Å². The first-order chi connectivity index (χ1) is 49.9. The number of aliphatic hydroxyl groups is 2. The van der Waals surface area contributed by atoms with Crippen LogP contribution in [0.5, 0.6) is 0 Å². The monoisotopic (exact) mass is 1500 g/mol. The second kappa shape index (κ2) is 48.3. The number of guanidine groups is 1. The van der Waals surface area contributed by atoms with Gasteiger partial charge in [0.05, 0.1) is 13.2 Å². The van der Waals surface area contributed by atoms with Crippen molar-refractivity contribution in [2.45, 2.75) is 222 Å². The van der Waals surface area contributed by atoms with Crippen molar-refractivity contribution in [2.75, 3.05) is 57.4 Å². The standard InChI is InChI=1S/C67H113N19O18S/c1-5-38(4)53-64(101)81-47(31-37(2)3)65(102)86-30-16-23-51(86)63(100)78-44(24-25-52(89)90)57(94)82-48(34-88)60(97)80-46(32-39-17-7-6-8-18-39)59(96)84-50(62(99)79-45(66(103)104)21-11-14-28-70)36-105-35-49(83-54(91)40(71)33-87)61(98)77-43(22-15-29-74-67(72)73)56(93)75-41(19-9-12-26-68)55(92)76-42(58(95)85-53)20-10-13-27-69/h6-8,17-18,37-38,40-51,53,87-88H,5,9-16,19-36,68-71H2,1-4H3,(H,75,93)(H,76,92)(H,77,98)(H,78,100)(H,79,99)(H,80,97)(H,81,101)(H,82,94)(H,83,91)(H,84,96)(H,85,95)(H,89,90)(H,103,104)(H4,72,73,74)/t38-,40-,41-,42-,43-,44-,45-,46-,47-,48-,49-,50-,51-,53-/m0/s1. The zero-order valence-electron chi connectivity index (χ0n) is 60.4. The molecule has 0 aromatic heterocycles. The number of aliphatic hydroxyl groups excluding tert-OH is 2. The van der Waals surface area contributed by atoms with E-state index in [-0.39, 0.29) is 122 Å². The Morgan fingerprint density at radius 3 is 1.68 bits per heavy atom. The predicted molar refractivity (Wildman–Crippen MR) is 388 cm³/mol. The van der Waals surface area contributed by atoms with E-state index in [1.165, 1.54) is 4.90 Å². The van der Waals surface area contributed by atoms with E-state index in [2.05, 4.69) is 63.5 Å². The number of benzene rings is 1. The fourth-order valence-corrected chi connectivity index (χ4v) is 12.5. The van der Waals surface area contributed by atoms with Gasteiger partial charge < -0.3 is 118 Å². The maximum atomic E-state index is 14.9. The molecule has 0 radical (unpaired) electrons. The molecule has 0 bridgehead atoms. The molecule has 2 heterocycles. The highest BCUT2D eigenvalue weighted by Crippen LogP contribution is 2.23. The number of aliphatic carboxylic acids is 2. The van der Waals surface area contributed by atoms with E-state index in [0.717, 1.165) is 11.8 Å². The molecule has 37 nitrogen and oxygen atoms in total. The van der Waals surface area contributed by atoms with E-state index in [9.17, 15) is 87.5 Å². The third kappa shape index (κ3) is 32.2. The molecular formula is C67H113N19O18S. The number of carboxylic acid groups (broad SMARTS) is 2. The second-order valence-corrected chi connectivity index (χ2v) is 27.6. The van der Waals surface area contributed by atoms with Crippen LogP contribution in [0, 0.1) is 11.8 Å². The van der Waals surface area contributed by atoms with Gasteiger partial charge in [-0.25, -0.2) is 4.79 Å². The average Bonchev–Trinajstić information content (AvgIpc) is 1.79. The van der Waals surface area contributed by atoms with Gasteiger partial charge in [-0.3, -0.25) is 67.3 Å². The molecule has 2 fully saturated rings. The summed E-state index contributed by atoms with van der Waals surface area (Å²) in [5.41, 5.74) is 34.9. The minimum atomic E-state index is -1.94. The lowest BCUT2D eigenvalue weighted by atomic mass is 9.95. The Morgan fingerprint density at radius 2 is 1.13 bits per heavy atom. The Bertz CT molecular complexity index is 3060. The van der Waals surface area contributed by atoms with Crippen molar-refractivity contribution in [3.63, 3.8) is 0 Å². The van der Waals surface area contributed by atoms with Crippen LogP contribution >= 0.6 is 11.8 Å². The summed E-state index contributed by atoms with van der Waals surface area (Å²) >= 11 is 0.724. The zero-order chi connectivity index (χ0) is 78.3. The Labute approximate surface area is 615 Å². The van der Waals surface area contributed by atoms with Crippen LogP contribution in [0.25, 0.3) is 0 Å². The molecule has 12 amide bonds. The number of thioether (sulfide) groups is 1. The van der Waals surface area contributed by atoms with Gasteiger partial charge in [-0.2, -0.15) is 11.8 Å². The Morgan fingerprint density at radius 1 is 0.619 bits per heavy atom. The number of hydrogen-bond acceptors (Lipinski definition) is 22. The van der Waals surface area contributed by atoms with Crippen molar-refractivity contribution in [1.82, 2.24) is 63.4 Å². The summed E-state index contributed by atoms with van der Waals surface area (Å²) in [5, 5.41) is 69.0. The number of amides is 12. The topological polar surface area (TPSA) is 624 Å². The number of unbranched alkanes of at least 4 members (excludes halogenated alkanes) is 3. The number of fused-ring (bicyclic) bond motifs is 1. The lowest BCUT2D eigenvalue weighted by Gasteiger charge is -2.32. The average molecular weight is 1500 g/mol. The molecule has 2 saturated heterocycles. The minimum absolute atomic E-state index is 0.00815. The van der Waals surface area contributed by atoms with E-state index in [4.69, 9.17) is 34.4 Å². The number of hydrogen-bond donors (Lipinski definition) is 21. The number of carbonyl (C=O) groups is 14. The van der Waals surface area contributed by atoms with Crippen LogP contribution in [0.2, 0.25) is 0 Å². The zero-order valence-corrected chi connectivity index (χ0v) is 61.2. The fraction of sp³-hybridized carbons (Fsp3) is 0.687. The van der Waals surface area contributed by atoms with Crippen LogP contribution in [0.4, 0.5) is 0 Å². The van der Waals surface area contributed by atoms with Crippen molar-refractivity contribution in [1.29, 1.82) is 0 Å². The lowest BCUT2D eigenvalue weighted by molar-refractivity contribution is -0.143. The van der Waals surface area contributed by atoms with Gasteiger partial charge in [0.1, 0.15) is 78.5 Å². The first-order valence-corrected chi connectivity index (χ1v) is 36.9. The lowest BCUT2D eigenvalue weighted by Crippen LogP contribution is -2.62. The summed E-state index contributed by atoms with van der Waals surface area (Å²) in [6.07, 6.45) is 0.361. The van der Waals surface area contributed by atoms with Crippen LogP contribution < -0.4 is 92.9 Å². The molecule has 105 heavy (non-hydrogen) atoms. The summed E-state index contributed by atoms with van der Waals surface area (Å²) in [5.74, 6) is -17.0. The quantitative estimate of drug-likeness (QED) is 0.0181.